The molecule has 3 aromatic carbocycles. The van der Waals surface area contributed by atoms with Crippen molar-refractivity contribution < 1.29 is 0 Å². The Hall–Kier alpha value is -4.92. The quantitative estimate of drug-likeness (QED) is 0.253. The number of aromatic nitrogens is 8. The first-order valence-electron chi connectivity index (χ1n) is 13.6. The summed E-state index contributed by atoms with van der Waals surface area (Å²) in [6, 6.07) is 26.7. The number of aryl methyl sites for hydroxylation is 3. The summed E-state index contributed by atoms with van der Waals surface area (Å²) < 4.78 is 2.07. The van der Waals surface area contributed by atoms with Gasteiger partial charge in [0.15, 0.2) is 0 Å². The first kappa shape index (κ1) is 25.4. The highest BCUT2D eigenvalue weighted by atomic mass is 16.1. The Labute approximate surface area is 231 Å². The predicted octanol–water partition coefficient (Wildman–Crippen LogP) is 5.14. The van der Waals surface area contributed by atoms with Crippen LogP contribution in [0.25, 0.3) is 33.5 Å². The fraction of sp³-hybridized carbons (Fsp3) is 0.226. The van der Waals surface area contributed by atoms with Crippen LogP contribution in [0, 0.1) is 0 Å². The zero-order valence-electron chi connectivity index (χ0n) is 22.3. The maximum atomic E-state index is 13.1. The van der Waals surface area contributed by atoms with Crippen molar-refractivity contribution in [1.29, 1.82) is 0 Å². The number of imidazole rings is 1. The fourth-order valence-electron chi connectivity index (χ4n) is 5.11. The van der Waals surface area contributed by atoms with Gasteiger partial charge < -0.3 is 4.57 Å². The zero-order chi connectivity index (χ0) is 27.3. The molecule has 0 unspecified atom stereocenters. The highest BCUT2D eigenvalue weighted by Crippen LogP contribution is 2.30. The molecule has 6 aromatic rings. The van der Waals surface area contributed by atoms with Gasteiger partial charge in [-0.2, -0.15) is 10.3 Å². The van der Waals surface area contributed by atoms with E-state index in [-0.39, 0.29) is 5.56 Å². The molecule has 3 heterocycles. The molecule has 0 aliphatic carbocycles. The molecule has 2 N–H and O–H groups in total. The van der Waals surface area contributed by atoms with Gasteiger partial charge in [0.05, 0.1) is 5.69 Å². The predicted molar refractivity (Wildman–Crippen MR) is 155 cm³/mol. The van der Waals surface area contributed by atoms with E-state index in [2.05, 4.69) is 84.8 Å². The van der Waals surface area contributed by atoms with Gasteiger partial charge in [-0.15, -0.1) is 10.2 Å². The summed E-state index contributed by atoms with van der Waals surface area (Å²) in [5.74, 6) is 1.48. The standard InChI is InChI=1S/C31H30N8O/c1-2-3-13-27-32-28-26(19-16-21-9-5-4-6-10-21)33-36-31(40)29(28)39(27)20-22-14-17-23(18-15-22)24-11-7-8-12-25(24)30-34-37-38-35-30/h4-12,14-15,17-18H,2-3,13,16,19-20H2,1H3,(H,36,40)(H,34,35,37,38). The van der Waals surface area contributed by atoms with Gasteiger partial charge in [0, 0.05) is 18.5 Å². The van der Waals surface area contributed by atoms with Gasteiger partial charge in [0.25, 0.3) is 5.56 Å². The lowest BCUT2D eigenvalue weighted by atomic mass is 9.98. The van der Waals surface area contributed by atoms with E-state index >= 15 is 0 Å². The summed E-state index contributed by atoms with van der Waals surface area (Å²) in [6.45, 7) is 2.71. The van der Waals surface area contributed by atoms with Crippen molar-refractivity contribution in [2.75, 3.05) is 0 Å². The molecule has 0 saturated carbocycles. The third kappa shape index (κ3) is 5.18. The lowest BCUT2D eigenvalue weighted by Gasteiger charge is -2.11. The van der Waals surface area contributed by atoms with Crippen molar-refractivity contribution in [2.24, 2.45) is 0 Å². The van der Waals surface area contributed by atoms with Crippen LogP contribution in [0.4, 0.5) is 0 Å². The molecule has 0 amide bonds. The number of H-pyrrole nitrogens is 2. The van der Waals surface area contributed by atoms with Crippen LogP contribution >= 0.6 is 0 Å². The van der Waals surface area contributed by atoms with Crippen LogP contribution in [-0.4, -0.2) is 40.4 Å². The molecule has 9 heteroatoms. The van der Waals surface area contributed by atoms with Crippen molar-refractivity contribution in [2.45, 2.75) is 45.6 Å². The number of benzene rings is 3. The van der Waals surface area contributed by atoms with E-state index < -0.39 is 0 Å². The van der Waals surface area contributed by atoms with E-state index in [0.29, 0.717) is 29.8 Å². The first-order valence-corrected chi connectivity index (χ1v) is 13.6. The number of hydrogen-bond acceptors (Lipinski definition) is 6. The monoisotopic (exact) mass is 530 g/mol. The molecule has 6 rings (SSSR count). The Kier molecular flexibility index (Phi) is 7.26. The van der Waals surface area contributed by atoms with Gasteiger partial charge in [0.2, 0.25) is 5.82 Å². The molecule has 0 aliphatic rings. The second-order valence-electron chi connectivity index (χ2n) is 9.88. The molecule has 3 aromatic heterocycles. The number of unbranched alkanes of at least 4 members (excludes halogenated alkanes) is 1. The Balaban J connectivity index is 1.33. The zero-order valence-corrected chi connectivity index (χ0v) is 22.3. The molecular formula is C31H30N8O. The number of aromatic amines is 2. The van der Waals surface area contributed by atoms with Crippen LogP contribution in [0.2, 0.25) is 0 Å². The van der Waals surface area contributed by atoms with Gasteiger partial charge in [-0.1, -0.05) is 92.2 Å². The van der Waals surface area contributed by atoms with Gasteiger partial charge in [-0.25, -0.2) is 10.1 Å². The van der Waals surface area contributed by atoms with Gasteiger partial charge in [-0.05, 0) is 46.7 Å². The van der Waals surface area contributed by atoms with E-state index in [4.69, 9.17) is 4.98 Å². The SMILES string of the molecule is CCCCc1nc2c(CCc3ccccc3)n[nH]c(=O)c2n1Cc1ccc(-c2ccccc2-c2nn[nH]n2)cc1. The highest BCUT2D eigenvalue weighted by molar-refractivity contribution is 5.80. The number of hydrogen-bond donors (Lipinski definition) is 2. The summed E-state index contributed by atoms with van der Waals surface area (Å²) in [5, 5.41) is 21.7. The molecular weight excluding hydrogens is 500 g/mol. The van der Waals surface area contributed by atoms with E-state index in [0.717, 1.165) is 59.5 Å². The number of tetrazole rings is 1. The van der Waals surface area contributed by atoms with E-state index in [1.807, 2.05) is 36.4 Å². The molecule has 0 fully saturated rings. The van der Waals surface area contributed by atoms with Crippen molar-refractivity contribution in [3.63, 3.8) is 0 Å². The molecule has 0 atom stereocenters. The Morgan fingerprint density at radius 3 is 2.33 bits per heavy atom. The molecule has 0 bridgehead atoms. The summed E-state index contributed by atoms with van der Waals surface area (Å²) in [5.41, 5.74) is 7.22. The highest BCUT2D eigenvalue weighted by Gasteiger charge is 2.19. The van der Waals surface area contributed by atoms with Crippen molar-refractivity contribution in [1.82, 2.24) is 40.4 Å². The van der Waals surface area contributed by atoms with E-state index in [1.165, 1.54) is 5.56 Å². The van der Waals surface area contributed by atoms with Crippen LogP contribution in [0.3, 0.4) is 0 Å². The van der Waals surface area contributed by atoms with E-state index in [1.54, 1.807) is 0 Å². The fourth-order valence-corrected chi connectivity index (χ4v) is 5.11. The number of fused-ring (bicyclic) bond motifs is 1. The Morgan fingerprint density at radius 2 is 1.57 bits per heavy atom. The number of nitrogens with one attached hydrogen (secondary N) is 2. The summed E-state index contributed by atoms with van der Waals surface area (Å²) >= 11 is 0. The van der Waals surface area contributed by atoms with Crippen molar-refractivity contribution in [3.05, 3.63) is 112 Å². The third-order valence-electron chi connectivity index (χ3n) is 7.19. The minimum atomic E-state index is -0.209. The molecule has 0 radical (unpaired) electrons. The van der Waals surface area contributed by atoms with Crippen LogP contribution in [-0.2, 0) is 25.8 Å². The summed E-state index contributed by atoms with van der Waals surface area (Å²) in [6.07, 6.45) is 4.39. The topological polar surface area (TPSA) is 118 Å². The molecule has 9 nitrogen and oxygen atoms in total. The Morgan fingerprint density at radius 1 is 0.800 bits per heavy atom. The van der Waals surface area contributed by atoms with Crippen LogP contribution in [0.15, 0.2) is 83.7 Å². The first-order chi connectivity index (χ1) is 19.7. The largest absolute Gasteiger partial charge is 0.319 e. The van der Waals surface area contributed by atoms with Crippen molar-refractivity contribution in [3.8, 4) is 22.5 Å². The van der Waals surface area contributed by atoms with E-state index in [9.17, 15) is 4.79 Å². The molecule has 0 spiro atoms. The third-order valence-corrected chi connectivity index (χ3v) is 7.19. The summed E-state index contributed by atoms with van der Waals surface area (Å²) in [4.78, 5) is 18.1. The van der Waals surface area contributed by atoms with Gasteiger partial charge in [0.1, 0.15) is 16.9 Å². The maximum Gasteiger partial charge on any atom is 0.290 e. The Bertz CT molecular complexity index is 1770. The molecule has 0 saturated heterocycles. The minimum Gasteiger partial charge on any atom is -0.319 e. The average Bonchev–Trinajstić information content (AvgIpc) is 3.66. The van der Waals surface area contributed by atoms with Gasteiger partial charge >= 0.3 is 0 Å². The maximum absolute atomic E-state index is 13.1. The minimum absolute atomic E-state index is 0.209. The number of rotatable bonds is 10. The second kappa shape index (κ2) is 11.4. The second-order valence-corrected chi connectivity index (χ2v) is 9.88. The van der Waals surface area contributed by atoms with Crippen molar-refractivity contribution >= 4 is 11.0 Å². The lowest BCUT2D eigenvalue weighted by molar-refractivity contribution is 0.688. The smallest absolute Gasteiger partial charge is 0.290 e. The molecule has 200 valence electrons. The lowest BCUT2D eigenvalue weighted by Crippen LogP contribution is -2.16. The van der Waals surface area contributed by atoms with Crippen LogP contribution in [0.1, 0.15) is 42.4 Å². The van der Waals surface area contributed by atoms with Gasteiger partial charge in [-0.3, -0.25) is 4.79 Å². The normalized spacial score (nSPS) is 11.3. The summed E-state index contributed by atoms with van der Waals surface area (Å²) in [7, 11) is 0. The molecule has 0 aliphatic heterocycles. The van der Waals surface area contributed by atoms with Crippen LogP contribution < -0.4 is 5.56 Å². The molecule has 40 heavy (non-hydrogen) atoms. The van der Waals surface area contributed by atoms with Crippen LogP contribution in [0.5, 0.6) is 0 Å². The number of nitrogens with zero attached hydrogens (tertiary/aromatic N) is 6. The average molecular weight is 531 g/mol.